The summed E-state index contributed by atoms with van der Waals surface area (Å²) in [6, 6.07) is 0. The van der Waals surface area contributed by atoms with Crippen molar-refractivity contribution in [1.29, 1.82) is 0 Å². The lowest BCUT2D eigenvalue weighted by molar-refractivity contribution is -0.150. The fourth-order valence-corrected chi connectivity index (χ4v) is 0.830. The molecule has 0 aromatic carbocycles. The smallest absolute Gasteiger partial charge is 0.333 e. The molecular formula is C12H22O3. The van der Waals surface area contributed by atoms with Crippen molar-refractivity contribution >= 4 is 5.97 Å². The normalized spacial score (nSPS) is 13.4. The zero-order valence-corrected chi connectivity index (χ0v) is 10.4. The van der Waals surface area contributed by atoms with Gasteiger partial charge in [0.2, 0.25) is 0 Å². The van der Waals surface area contributed by atoms with Crippen molar-refractivity contribution in [2.75, 3.05) is 6.61 Å². The third kappa shape index (κ3) is 7.14. The van der Waals surface area contributed by atoms with Crippen LogP contribution in [0.15, 0.2) is 12.2 Å². The number of carbonyl (C=O) groups is 1. The third-order valence-electron chi connectivity index (χ3n) is 1.78. The average Bonchev–Trinajstić information content (AvgIpc) is 2.10. The van der Waals surface area contributed by atoms with Crippen molar-refractivity contribution < 1.29 is 14.3 Å². The van der Waals surface area contributed by atoms with Gasteiger partial charge in [0.05, 0.1) is 12.2 Å². The highest BCUT2D eigenvalue weighted by Gasteiger charge is 2.17. The van der Waals surface area contributed by atoms with E-state index in [1.54, 1.807) is 6.92 Å². The highest BCUT2D eigenvalue weighted by Crippen LogP contribution is 2.10. The lowest BCUT2D eigenvalue weighted by Crippen LogP contribution is -2.29. The first-order chi connectivity index (χ1) is 6.76. The van der Waals surface area contributed by atoms with Crippen LogP contribution in [0.5, 0.6) is 0 Å². The monoisotopic (exact) mass is 214 g/mol. The van der Waals surface area contributed by atoms with Gasteiger partial charge < -0.3 is 9.47 Å². The number of hydrogen-bond acceptors (Lipinski definition) is 3. The first-order valence-electron chi connectivity index (χ1n) is 5.26. The van der Waals surface area contributed by atoms with Crippen molar-refractivity contribution in [1.82, 2.24) is 0 Å². The van der Waals surface area contributed by atoms with Gasteiger partial charge in [0, 0.05) is 5.57 Å². The van der Waals surface area contributed by atoms with Crippen molar-refractivity contribution in [3.05, 3.63) is 12.2 Å². The second-order valence-electron chi connectivity index (χ2n) is 4.64. The highest BCUT2D eigenvalue weighted by atomic mass is 16.6. The van der Waals surface area contributed by atoms with E-state index in [-0.39, 0.29) is 17.7 Å². The number of esters is 1. The summed E-state index contributed by atoms with van der Waals surface area (Å²) in [5, 5.41) is 0. The van der Waals surface area contributed by atoms with E-state index in [1.165, 1.54) is 0 Å². The van der Waals surface area contributed by atoms with Crippen LogP contribution < -0.4 is 0 Å². The zero-order valence-electron chi connectivity index (χ0n) is 10.4. The third-order valence-corrected chi connectivity index (χ3v) is 1.78. The quantitative estimate of drug-likeness (QED) is 0.521. The second-order valence-corrected chi connectivity index (χ2v) is 4.64. The van der Waals surface area contributed by atoms with Gasteiger partial charge in [-0.2, -0.15) is 0 Å². The molecule has 3 nitrogen and oxygen atoms in total. The largest absolute Gasteiger partial charge is 0.457 e. The summed E-state index contributed by atoms with van der Waals surface area (Å²) in [6.07, 6.45) is 0.558. The van der Waals surface area contributed by atoms with E-state index in [4.69, 9.17) is 9.47 Å². The molecular weight excluding hydrogens is 192 g/mol. The minimum atomic E-state index is -0.348. The van der Waals surface area contributed by atoms with E-state index < -0.39 is 0 Å². The minimum Gasteiger partial charge on any atom is -0.457 e. The van der Waals surface area contributed by atoms with E-state index in [2.05, 4.69) is 6.58 Å². The van der Waals surface area contributed by atoms with E-state index in [0.29, 0.717) is 12.2 Å². The Labute approximate surface area is 92.5 Å². The Bertz CT molecular complexity index is 226. The Balaban J connectivity index is 4.04. The van der Waals surface area contributed by atoms with E-state index >= 15 is 0 Å². The van der Waals surface area contributed by atoms with Crippen LogP contribution in [0.2, 0.25) is 0 Å². The average molecular weight is 214 g/mol. The van der Waals surface area contributed by atoms with Crippen molar-refractivity contribution in [2.24, 2.45) is 0 Å². The van der Waals surface area contributed by atoms with Crippen molar-refractivity contribution in [3.63, 3.8) is 0 Å². The van der Waals surface area contributed by atoms with Gasteiger partial charge in [-0.3, -0.25) is 0 Å². The number of carbonyl (C=O) groups excluding carboxylic acids is 1. The topological polar surface area (TPSA) is 35.5 Å². The maximum absolute atomic E-state index is 11.3. The standard InChI is InChI=1S/C12H22O3/c1-7-10(8-14-12(4,5)6)15-11(13)9(2)3/h10H,2,7-8H2,1,3-6H3. The first kappa shape index (κ1) is 14.2. The van der Waals surface area contributed by atoms with E-state index in [0.717, 1.165) is 6.42 Å². The van der Waals surface area contributed by atoms with Gasteiger partial charge in [0.15, 0.2) is 0 Å². The Morgan fingerprint density at radius 1 is 1.40 bits per heavy atom. The van der Waals surface area contributed by atoms with Gasteiger partial charge in [-0.25, -0.2) is 4.79 Å². The maximum Gasteiger partial charge on any atom is 0.333 e. The minimum absolute atomic E-state index is 0.187. The molecule has 0 aromatic heterocycles. The molecule has 0 saturated heterocycles. The van der Waals surface area contributed by atoms with Crippen LogP contribution in [0.4, 0.5) is 0 Å². The molecule has 0 bridgehead atoms. The molecule has 15 heavy (non-hydrogen) atoms. The molecule has 0 spiro atoms. The molecule has 0 N–H and O–H groups in total. The molecule has 0 aliphatic carbocycles. The van der Waals surface area contributed by atoms with Crippen LogP contribution >= 0.6 is 0 Å². The van der Waals surface area contributed by atoms with Gasteiger partial charge in [-0.15, -0.1) is 0 Å². The van der Waals surface area contributed by atoms with Gasteiger partial charge in [-0.05, 0) is 34.1 Å². The summed E-state index contributed by atoms with van der Waals surface area (Å²) in [4.78, 5) is 11.3. The fraction of sp³-hybridized carbons (Fsp3) is 0.750. The SMILES string of the molecule is C=C(C)C(=O)OC(CC)COC(C)(C)C. The summed E-state index contributed by atoms with van der Waals surface area (Å²) in [5.74, 6) is -0.348. The van der Waals surface area contributed by atoms with Crippen molar-refractivity contribution in [2.45, 2.75) is 52.7 Å². The molecule has 0 rings (SSSR count). The lowest BCUT2D eigenvalue weighted by Gasteiger charge is -2.23. The van der Waals surface area contributed by atoms with E-state index in [9.17, 15) is 4.79 Å². The summed E-state index contributed by atoms with van der Waals surface area (Å²) in [7, 11) is 0. The van der Waals surface area contributed by atoms with Gasteiger partial charge in [0.25, 0.3) is 0 Å². The van der Waals surface area contributed by atoms with Crippen LogP contribution in [0, 0.1) is 0 Å². The molecule has 88 valence electrons. The van der Waals surface area contributed by atoms with E-state index in [1.807, 2.05) is 27.7 Å². The molecule has 1 unspecified atom stereocenters. The maximum atomic E-state index is 11.3. The fourth-order valence-electron chi connectivity index (χ4n) is 0.830. The number of rotatable bonds is 5. The molecule has 0 amide bonds. The summed E-state index contributed by atoms with van der Waals surface area (Å²) < 4.78 is 10.7. The highest BCUT2D eigenvalue weighted by molar-refractivity contribution is 5.87. The predicted octanol–water partition coefficient (Wildman–Crippen LogP) is 2.70. The van der Waals surface area contributed by atoms with Gasteiger partial charge in [-0.1, -0.05) is 13.5 Å². The Morgan fingerprint density at radius 2 is 1.93 bits per heavy atom. The molecule has 1 atom stereocenters. The Hall–Kier alpha value is -0.830. The molecule has 0 radical (unpaired) electrons. The van der Waals surface area contributed by atoms with Gasteiger partial charge >= 0.3 is 5.97 Å². The van der Waals surface area contributed by atoms with Crippen LogP contribution in [0.3, 0.4) is 0 Å². The summed E-state index contributed by atoms with van der Waals surface area (Å²) in [6.45, 7) is 13.5. The number of ether oxygens (including phenoxy) is 2. The molecule has 0 heterocycles. The summed E-state index contributed by atoms with van der Waals surface area (Å²) in [5.41, 5.74) is 0.215. The molecule has 3 heteroatoms. The van der Waals surface area contributed by atoms with Crippen LogP contribution in [0.1, 0.15) is 41.0 Å². The summed E-state index contributed by atoms with van der Waals surface area (Å²) >= 11 is 0. The van der Waals surface area contributed by atoms with Gasteiger partial charge in [0.1, 0.15) is 6.10 Å². The van der Waals surface area contributed by atoms with Crippen molar-refractivity contribution in [3.8, 4) is 0 Å². The van der Waals surface area contributed by atoms with Crippen LogP contribution in [-0.4, -0.2) is 24.3 Å². The molecule has 0 fully saturated rings. The molecule has 0 aliphatic rings. The zero-order chi connectivity index (χ0) is 12.1. The molecule has 0 saturated carbocycles. The number of hydrogen-bond donors (Lipinski definition) is 0. The Morgan fingerprint density at radius 3 is 2.27 bits per heavy atom. The van der Waals surface area contributed by atoms with Crippen LogP contribution in [0.25, 0.3) is 0 Å². The molecule has 0 aromatic rings. The van der Waals surface area contributed by atoms with Crippen LogP contribution in [-0.2, 0) is 14.3 Å². The first-order valence-corrected chi connectivity index (χ1v) is 5.26. The Kier molecular flexibility index (Phi) is 5.58. The second kappa shape index (κ2) is 5.91. The predicted molar refractivity (Wildman–Crippen MR) is 60.7 cm³/mol. The lowest BCUT2D eigenvalue weighted by atomic mass is 10.2. The molecule has 0 aliphatic heterocycles.